The lowest BCUT2D eigenvalue weighted by Crippen LogP contribution is -2.40. The molecule has 1 fully saturated rings. The van der Waals surface area contributed by atoms with Crippen molar-refractivity contribution < 1.29 is 21.9 Å². The average Bonchev–Trinajstić information content (AvgIpc) is 3.34. The quantitative estimate of drug-likeness (QED) is 0.276. The first kappa shape index (κ1) is 27.5. The van der Waals surface area contributed by atoms with E-state index in [1.54, 1.807) is 17.0 Å². The lowest BCUT2D eigenvalue weighted by molar-refractivity contribution is 0.461. The maximum atomic E-state index is 14.7. The van der Waals surface area contributed by atoms with Crippen molar-refractivity contribution in [3.63, 3.8) is 0 Å². The smallest absolute Gasteiger partial charge is 0.296 e. The molecule has 0 amide bonds. The van der Waals surface area contributed by atoms with Crippen molar-refractivity contribution in [2.24, 2.45) is 5.14 Å². The summed E-state index contributed by atoms with van der Waals surface area (Å²) in [6.45, 7) is 4.44. The lowest BCUT2D eigenvalue weighted by Gasteiger charge is -2.34. The van der Waals surface area contributed by atoms with Gasteiger partial charge in [0.15, 0.2) is 11.6 Å². The molecule has 0 saturated carbocycles. The number of nitrogens with one attached hydrogen (secondary N) is 2. The summed E-state index contributed by atoms with van der Waals surface area (Å²) in [4.78, 5) is 10.8. The number of anilines is 3. The molecule has 0 spiro atoms. The van der Waals surface area contributed by atoms with E-state index in [4.69, 9.17) is 9.88 Å². The fourth-order valence-electron chi connectivity index (χ4n) is 4.76. The number of nitriles is 1. The highest BCUT2D eigenvalue weighted by atomic mass is 32.2. The van der Waals surface area contributed by atoms with Crippen molar-refractivity contribution in [3.8, 4) is 17.7 Å². The minimum absolute atomic E-state index is 0.0620. The third-order valence-corrected chi connectivity index (χ3v) is 7.89. The van der Waals surface area contributed by atoms with Crippen LogP contribution in [-0.2, 0) is 10.2 Å². The number of hydrogen-bond donors (Lipinski definition) is 3. The van der Waals surface area contributed by atoms with Crippen molar-refractivity contribution in [2.45, 2.75) is 32.7 Å². The van der Waals surface area contributed by atoms with E-state index < -0.39 is 21.8 Å². The first-order valence-corrected chi connectivity index (χ1v) is 14.7. The van der Waals surface area contributed by atoms with Gasteiger partial charge in [0.1, 0.15) is 16.1 Å². The van der Waals surface area contributed by atoms with Crippen LogP contribution in [0.15, 0.2) is 35.7 Å². The fourth-order valence-corrected chi connectivity index (χ4v) is 5.97. The van der Waals surface area contributed by atoms with Crippen molar-refractivity contribution in [1.29, 1.82) is 5.26 Å². The number of halogens is 2. The van der Waals surface area contributed by atoms with Gasteiger partial charge in [-0.15, -0.1) is 11.3 Å². The highest BCUT2D eigenvalue weighted by molar-refractivity contribution is 7.90. The molecule has 1 saturated heterocycles. The van der Waals surface area contributed by atoms with Crippen LogP contribution in [-0.4, -0.2) is 37.5 Å². The van der Waals surface area contributed by atoms with E-state index in [9.17, 15) is 22.5 Å². The second kappa shape index (κ2) is 10.8. The van der Waals surface area contributed by atoms with E-state index in [0.717, 1.165) is 33.5 Å². The number of ether oxygens (including phenoxy) is 1. The Hall–Kier alpha value is -4.06. The number of piperidine rings is 1. The summed E-state index contributed by atoms with van der Waals surface area (Å²) in [5, 5.41) is 19.4. The van der Waals surface area contributed by atoms with Crippen molar-refractivity contribution in [1.82, 2.24) is 9.97 Å². The molecule has 0 radical (unpaired) electrons. The zero-order valence-electron chi connectivity index (χ0n) is 21.5. The van der Waals surface area contributed by atoms with Gasteiger partial charge in [-0.25, -0.2) is 18.9 Å². The molecule has 4 aromatic rings. The monoisotopic (exact) mass is 585 g/mol. The number of aromatic nitrogens is 2. The zero-order chi connectivity index (χ0) is 28.6. The number of nitrogens with zero attached hydrogens (tertiary/aromatic N) is 4. The van der Waals surface area contributed by atoms with Crippen LogP contribution < -0.4 is 24.8 Å². The largest absolute Gasteiger partial charge is 0.437 e. The van der Waals surface area contributed by atoms with E-state index in [2.05, 4.69) is 21.4 Å². The number of benzene rings is 2. The Morgan fingerprint density at radius 2 is 1.77 bits per heavy atom. The van der Waals surface area contributed by atoms with Gasteiger partial charge in [-0.2, -0.15) is 18.7 Å². The van der Waals surface area contributed by atoms with Crippen LogP contribution in [0.4, 0.5) is 26.1 Å². The minimum Gasteiger partial charge on any atom is -0.437 e. The second-order valence-electron chi connectivity index (χ2n) is 9.48. The summed E-state index contributed by atoms with van der Waals surface area (Å²) in [6, 6.07) is 9.28. The molecule has 0 atom stereocenters. The molecule has 10 nitrogen and oxygen atoms in total. The summed E-state index contributed by atoms with van der Waals surface area (Å²) in [7, 11) is -4.16. The Labute approximate surface area is 233 Å². The predicted molar refractivity (Wildman–Crippen MR) is 150 cm³/mol. The van der Waals surface area contributed by atoms with Crippen molar-refractivity contribution in [2.75, 3.05) is 28.0 Å². The first-order chi connectivity index (χ1) is 19.0. The van der Waals surface area contributed by atoms with Gasteiger partial charge < -0.3 is 15.0 Å². The Balaban J connectivity index is 1.31. The number of nitrogens with two attached hydrogens (primary N) is 1. The normalized spacial score (nSPS) is 14.2. The Morgan fingerprint density at radius 1 is 1.12 bits per heavy atom. The fraction of sp³-hybridized carbons (Fsp3) is 0.269. The molecule has 2 aromatic heterocycles. The Morgan fingerprint density at radius 3 is 2.38 bits per heavy atom. The first-order valence-electron chi connectivity index (χ1n) is 12.3. The number of hydrogen-bond acceptors (Lipinski definition) is 9. The summed E-state index contributed by atoms with van der Waals surface area (Å²) in [5.74, 6) is -0.383. The van der Waals surface area contributed by atoms with Crippen LogP contribution in [0.2, 0.25) is 0 Å². The van der Waals surface area contributed by atoms with Crippen molar-refractivity contribution >= 4 is 49.1 Å². The molecule has 5 rings (SSSR count). The number of rotatable bonds is 7. The van der Waals surface area contributed by atoms with E-state index in [0.29, 0.717) is 49.1 Å². The SMILES string of the molecule is Cc1cc(C#N)cc(C)c1Oc1nc(NC2CCN(c3c(F)cc(NS(N)(=O)=O)cc3F)CC2)nc2ccsc12. The van der Waals surface area contributed by atoms with E-state index in [1.165, 1.54) is 11.3 Å². The highest BCUT2D eigenvalue weighted by Crippen LogP contribution is 2.36. The van der Waals surface area contributed by atoms with Crippen molar-refractivity contribution in [3.05, 3.63) is 64.0 Å². The molecular formula is C26H25F2N7O3S2. The average molecular weight is 586 g/mol. The summed E-state index contributed by atoms with van der Waals surface area (Å²) in [6.07, 6.45) is 1.09. The number of fused-ring (bicyclic) bond motifs is 1. The predicted octanol–water partition coefficient (Wildman–Crippen LogP) is 4.95. The summed E-state index contributed by atoms with van der Waals surface area (Å²) in [5.41, 5.74) is 2.39. The lowest BCUT2D eigenvalue weighted by atomic mass is 10.0. The van der Waals surface area contributed by atoms with Gasteiger partial charge in [0, 0.05) is 31.3 Å². The topological polar surface area (TPSA) is 146 Å². The van der Waals surface area contributed by atoms with Crippen LogP contribution in [0.5, 0.6) is 11.6 Å². The molecule has 1 aliphatic heterocycles. The molecule has 208 valence electrons. The van der Waals surface area contributed by atoms with Gasteiger partial charge in [-0.3, -0.25) is 4.72 Å². The van der Waals surface area contributed by atoms with Crippen LogP contribution in [0.3, 0.4) is 0 Å². The number of thiophene rings is 1. The molecule has 0 bridgehead atoms. The summed E-state index contributed by atoms with van der Waals surface area (Å²) < 4.78 is 60.8. The Bertz CT molecular complexity index is 1700. The molecule has 0 aliphatic carbocycles. The van der Waals surface area contributed by atoms with Gasteiger partial charge >= 0.3 is 0 Å². The third-order valence-electron chi connectivity index (χ3n) is 6.48. The van der Waals surface area contributed by atoms with Crippen LogP contribution in [0.25, 0.3) is 10.2 Å². The maximum absolute atomic E-state index is 14.7. The molecular weight excluding hydrogens is 560 g/mol. The zero-order valence-corrected chi connectivity index (χ0v) is 23.2. The van der Waals surface area contributed by atoms with E-state index in [1.807, 2.05) is 30.0 Å². The second-order valence-corrected chi connectivity index (χ2v) is 11.7. The van der Waals surface area contributed by atoms with E-state index in [-0.39, 0.29) is 17.4 Å². The van der Waals surface area contributed by atoms with Gasteiger partial charge in [0.05, 0.1) is 22.8 Å². The molecule has 2 aromatic carbocycles. The van der Waals surface area contributed by atoms with Gasteiger partial charge in [0.2, 0.25) is 11.8 Å². The van der Waals surface area contributed by atoms with Gasteiger partial charge in [-0.1, -0.05) is 0 Å². The molecule has 40 heavy (non-hydrogen) atoms. The Kier molecular flexibility index (Phi) is 7.45. The number of aryl methyl sites for hydroxylation is 2. The molecule has 4 N–H and O–H groups in total. The third kappa shape index (κ3) is 5.91. The van der Waals surface area contributed by atoms with Crippen LogP contribution in [0, 0.1) is 36.8 Å². The van der Waals surface area contributed by atoms with Gasteiger partial charge in [-0.05, 0) is 61.4 Å². The highest BCUT2D eigenvalue weighted by Gasteiger charge is 2.26. The van der Waals surface area contributed by atoms with Crippen LogP contribution >= 0.6 is 11.3 Å². The maximum Gasteiger partial charge on any atom is 0.296 e. The molecule has 0 unspecified atom stereocenters. The molecule has 3 heterocycles. The minimum atomic E-state index is -4.16. The summed E-state index contributed by atoms with van der Waals surface area (Å²) >= 11 is 1.46. The standard InChI is InChI=1S/C26H25F2N7O3S2/c1-14-9-16(13-29)10-15(2)23(14)38-25-24-21(5-8-39-24)32-26(33-25)31-17-3-6-35(7-4-17)22-19(27)11-18(12-20(22)28)34-40(30,36)37/h5,8-12,17,34H,3-4,6-7H2,1-2H3,(H2,30,36,37)(H,31,32,33). The van der Waals surface area contributed by atoms with Crippen LogP contribution in [0.1, 0.15) is 29.5 Å². The van der Waals surface area contributed by atoms with E-state index >= 15 is 0 Å². The van der Waals surface area contributed by atoms with Gasteiger partial charge in [0.25, 0.3) is 10.2 Å². The molecule has 1 aliphatic rings. The molecule has 14 heteroatoms.